The van der Waals surface area contributed by atoms with Gasteiger partial charge in [0.1, 0.15) is 17.3 Å². The molecular formula is C16H17ClFNO. The molecule has 0 amide bonds. The van der Waals surface area contributed by atoms with E-state index in [1.54, 1.807) is 19.2 Å². The van der Waals surface area contributed by atoms with Crippen molar-refractivity contribution in [3.63, 3.8) is 0 Å². The van der Waals surface area contributed by atoms with Crippen LogP contribution in [0, 0.1) is 19.7 Å². The fourth-order valence-electron chi connectivity index (χ4n) is 2.07. The van der Waals surface area contributed by atoms with Crippen LogP contribution < -0.4 is 10.1 Å². The fraction of sp³-hybridized carbons (Fsp3) is 0.250. The zero-order valence-corrected chi connectivity index (χ0v) is 12.5. The topological polar surface area (TPSA) is 21.3 Å². The number of halogens is 2. The molecule has 0 saturated heterocycles. The largest absolute Gasteiger partial charge is 0.457 e. The highest BCUT2D eigenvalue weighted by atomic mass is 35.5. The summed E-state index contributed by atoms with van der Waals surface area (Å²) < 4.78 is 19.6. The molecule has 0 atom stereocenters. The van der Waals surface area contributed by atoms with Gasteiger partial charge in [-0.05, 0) is 56.3 Å². The Kier molecular flexibility index (Phi) is 4.63. The van der Waals surface area contributed by atoms with Gasteiger partial charge in [0.2, 0.25) is 0 Å². The average Bonchev–Trinajstić information content (AvgIpc) is 2.40. The van der Waals surface area contributed by atoms with Crippen molar-refractivity contribution in [2.45, 2.75) is 20.4 Å². The number of hydrogen-bond donors (Lipinski definition) is 1. The molecule has 0 bridgehead atoms. The van der Waals surface area contributed by atoms with Crippen molar-refractivity contribution in [1.82, 2.24) is 5.32 Å². The molecule has 2 rings (SSSR count). The third-order valence-corrected chi connectivity index (χ3v) is 3.66. The molecule has 2 aromatic carbocycles. The molecule has 1 N–H and O–H groups in total. The standard InChI is InChI=1S/C16H17ClFNO/c1-10-7-12(8-11(2)16(10)17)20-15-6-4-5-14(18)13(15)9-19-3/h4-8,19H,9H2,1-3H3. The third-order valence-electron chi connectivity index (χ3n) is 3.07. The van der Waals surface area contributed by atoms with Crippen molar-refractivity contribution in [2.24, 2.45) is 0 Å². The predicted molar refractivity (Wildman–Crippen MR) is 80.2 cm³/mol. The molecule has 106 valence electrons. The van der Waals surface area contributed by atoms with Gasteiger partial charge in [0.05, 0.1) is 0 Å². The highest BCUT2D eigenvalue weighted by molar-refractivity contribution is 6.32. The Labute approximate surface area is 123 Å². The van der Waals surface area contributed by atoms with Gasteiger partial charge in [-0.3, -0.25) is 0 Å². The molecule has 0 saturated carbocycles. The molecule has 0 radical (unpaired) electrons. The molecule has 0 unspecified atom stereocenters. The first-order valence-corrected chi connectivity index (χ1v) is 6.77. The molecular weight excluding hydrogens is 277 g/mol. The number of aryl methyl sites for hydroxylation is 2. The van der Waals surface area contributed by atoms with E-state index in [0.29, 0.717) is 23.6 Å². The van der Waals surface area contributed by atoms with E-state index >= 15 is 0 Å². The summed E-state index contributed by atoms with van der Waals surface area (Å²) in [6.45, 7) is 4.25. The minimum Gasteiger partial charge on any atom is -0.457 e. The van der Waals surface area contributed by atoms with Crippen LogP contribution in [0.15, 0.2) is 30.3 Å². The van der Waals surface area contributed by atoms with E-state index in [9.17, 15) is 4.39 Å². The Morgan fingerprint density at radius 3 is 2.45 bits per heavy atom. The van der Waals surface area contributed by atoms with E-state index in [2.05, 4.69) is 5.32 Å². The van der Waals surface area contributed by atoms with Crippen LogP contribution in [0.5, 0.6) is 11.5 Å². The van der Waals surface area contributed by atoms with Gasteiger partial charge in [-0.25, -0.2) is 4.39 Å². The van der Waals surface area contributed by atoms with Crippen molar-refractivity contribution >= 4 is 11.6 Å². The minimum atomic E-state index is -0.278. The first-order chi connectivity index (χ1) is 9.52. The molecule has 0 spiro atoms. The maximum atomic E-state index is 13.8. The monoisotopic (exact) mass is 293 g/mol. The minimum absolute atomic E-state index is 0.278. The van der Waals surface area contributed by atoms with Crippen LogP contribution in [-0.2, 0) is 6.54 Å². The molecule has 4 heteroatoms. The van der Waals surface area contributed by atoms with Crippen molar-refractivity contribution in [2.75, 3.05) is 7.05 Å². The Morgan fingerprint density at radius 2 is 1.85 bits per heavy atom. The summed E-state index contributed by atoms with van der Waals surface area (Å²) in [5.41, 5.74) is 2.39. The summed E-state index contributed by atoms with van der Waals surface area (Å²) >= 11 is 6.13. The molecule has 2 nitrogen and oxygen atoms in total. The Morgan fingerprint density at radius 1 is 1.20 bits per heavy atom. The number of benzene rings is 2. The molecule has 0 fully saturated rings. The summed E-state index contributed by atoms with van der Waals surface area (Å²) in [7, 11) is 1.77. The molecule has 0 aromatic heterocycles. The molecule has 20 heavy (non-hydrogen) atoms. The number of hydrogen-bond acceptors (Lipinski definition) is 2. The number of ether oxygens (including phenoxy) is 1. The first-order valence-electron chi connectivity index (χ1n) is 6.39. The van der Waals surface area contributed by atoms with Gasteiger partial charge in [0, 0.05) is 17.1 Å². The smallest absolute Gasteiger partial charge is 0.134 e. The van der Waals surface area contributed by atoms with Crippen LogP contribution in [0.25, 0.3) is 0 Å². The van der Waals surface area contributed by atoms with Crippen molar-refractivity contribution in [3.05, 3.63) is 57.9 Å². The van der Waals surface area contributed by atoms with E-state index in [0.717, 1.165) is 16.1 Å². The van der Waals surface area contributed by atoms with Crippen LogP contribution in [-0.4, -0.2) is 7.05 Å². The predicted octanol–water partition coefficient (Wildman–Crippen LogP) is 4.61. The SMILES string of the molecule is CNCc1c(F)cccc1Oc1cc(C)c(Cl)c(C)c1. The van der Waals surface area contributed by atoms with Crippen LogP contribution in [0.1, 0.15) is 16.7 Å². The summed E-state index contributed by atoms with van der Waals surface area (Å²) in [5, 5.41) is 3.67. The van der Waals surface area contributed by atoms with E-state index in [4.69, 9.17) is 16.3 Å². The van der Waals surface area contributed by atoms with Gasteiger partial charge in [-0.2, -0.15) is 0 Å². The fourth-order valence-corrected chi connectivity index (χ4v) is 2.18. The lowest BCUT2D eigenvalue weighted by molar-refractivity contribution is 0.463. The number of rotatable bonds is 4. The lowest BCUT2D eigenvalue weighted by atomic mass is 10.1. The quantitative estimate of drug-likeness (QED) is 0.889. The molecule has 0 aliphatic heterocycles. The van der Waals surface area contributed by atoms with Gasteiger partial charge in [-0.15, -0.1) is 0 Å². The molecule has 0 aliphatic rings. The van der Waals surface area contributed by atoms with E-state index in [1.165, 1.54) is 6.07 Å². The third kappa shape index (κ3) is 3.11. The van der Waals surface area contributed by atoms with Crippen LogP contribution in [0.4, 0.5) is 4.39 Å². The van der Waals surface area contributed by atoms with Crippen LogP contribution >= 0.6 is 11.6 Å². The van der Waals surface area contributed by atoms with Gasteiger partial charge in [0.25, 0.3) is 0 Å². The summed E-state index contributed by atoms with van der Waals surface area (Å²) in [5.74, 6) is 0.895. The summed E-state index contributed by atoms with van der Waals surface area (Å²) in [6.07, 6.45) is 0. The van der Waals surface area contributed by atoms with Crippen molar-refractivity contribution in [3.8, 4) is 11.5 Å². The Balaban J connectivity index is 2.37. The highest BCUT2D eigenvalue weighted by Gasteiger charge is 2.11. The van der Waals surface area contributed by atoms with E-state index in [1.807, 2.05) is 26.0 Å². The van der Waals surface area contributed by atoms with Crippen LogP contribution in [0.2, 0.25) is 5.02 Å². The molecule has 0 aliphatic carbocycles. The van der Waals surface area contributed by atoms with Gasteiger partial charge in [-0.1, -0.05) is 17.7 Å². The van der Waals surface area contributed by atoms with E-state index in [-0.39, 0.29) is 5.82 Å². The zero-order valence-electron chi connectivity index (χ0n) is 11.8. The molecule has 0 heterocycles. The molecule has 2 aromatic rings. The summed E-state index contributed by atoms with van der Waals surface area (Å²) in [6, 6.07) is 8.53. The summed E-state index contributed by atoms with van der Waals surface area (Å²) in [4.78, 5) is 0. The normalized spacial score (nSPS) is 10.7. The number of nitrogens with one attached hydrogen (secondary N) is 1. The maximum absolute atomic E-state index is 13.8. The highest BCUT2D eigenvalue weighted by Crippen LogP contribution is 2.31. The average molecular weight is 294 g/mol. The lowest BCUT2D eigenvalue weighted by Crippen LogP contribution is -2.08. The van der Waals surface area contributed by atoms with Gasteiger partial charge >= 0.3 is 0 Å². The van der Waals surface area contributed by atoms with Crippen molar-refractivity contribution < 1.29 is 9.13 Å². The zero-order chi connectivity index (χ0) is 14.7. The van der Waals surface area contributed by atoms with Crippen molar-refractivity contribution in [1.29, 1.82) is 0 Å². The van der Waals surface area contributed by atoms with Gasteiger partial charge in [0.15, 0.2) is 0 Å². The van der Waals surface area contributed by atoms with Crippen LogP contribution in [0.3, 0.4) is 0 Å². The maximum Gasteiger partial charge on any atom is 0.134 e. The second-order valence-electron chi connectivity index (χ2n) is 4.72. The van der Waals surface area contributed by atoms with E-state index < -0.39 is 0 Å². The lowest BCUT2D eigenvalue weighted by Gasteiger charge is -2.13. The Hall–Kier alpha value is -1.58. The first kappa shape index (κ1) is 14.8. The Bertz CT molecular complexity index is 605. The second-order valence-corrected chi connectivity index (χ2v) is 5.10. The second kappa shape index (κ2) is 6.25. The van der Waals surface area contributed by atoms with Gasteiger partial charge < -0.3 is 10.1 Å².